The van der Waals surface area contributed by atoms with Crippen molar-refractivity contribution in [1.82, 2.24) is 15.1 Å². The number of guanidine groups is 1. The number of hydrogen-bond acceptors (Lipinski definition) is 7. The number of para-hydroxylation sites is 1. The van der Waals surface area contributed by atoms with Crippen molar-refractivity contribution in [3.05, 3.63) is 29.8 Å². The zero-order valence-corrected chi connectivity index (χ0v) is 21.9. The predicted molar refractivity (Wildman–Crippen MR) is 135 cm³/mol. The summed E-state index contributed by atoms with van der Waals surface area (Å²) in [7, 11) is -3.40. The van der Waals surface area contributed by atoms with E-state index < -0.39 is 15.6 Å². The highest BCUT2D eigenvalue weighted by molar-refractivity contribution is 14.0. The fourth-order valence-electron chi connectivity index (χ4n) is 4.22. The van der Waals surface area contributed by atoms with Crippen LogP contribution in [0.4, 0.5) is 10.5 Å². The maximum atomic E-state index is 12.9. The normalized spacial score (nSPS) is 20.3. The third-order valence-corrected chi connectivity index (χ3v) is 7.45. The summed E-state index contributed by atoms with van der Waals surface area (Å²) in [5.41, 5.74) is 1.35. The highest BCUT2D eigenvalue weighted by atomic mass is 127. The summed E-state index contributed by atoms with van der Waals surface area (Å²) in [6.07, 6.45) is 0.449. The molecule has 1 saturated heterocycles. The second kappa shape index (κ2) is 9.62. The average molecular weight is 577 g/mol. The molecular formula is C21H32IN5O4S. The highest BCUT2D eigenvalue weighted by Gasteiger charge is 2.36. The summed E-state index contributed by atoms with van der Waals surface area (Å²) < 4.78 is 32.7. The molecule has 1 amide bonds. The number of piperazine rings is 1. The van der Waals surface area contributed by atoms with Gasteiger partial charge in [-0.05, 0) is 38.8 Å². The standard InChI is InChI=1S/C21H31N5O4S.HI/c1-21(2,3)30-20(27)24-11-12-25-17(15-24)14-23-19(25)22-9-13-31(28,29)26-10-8-16-6-4-5-7-18(16)26;/h4-7,17H,8-15H2,1-3H3,(H,22,23);1H. The predicted octanol–water partition coefficient (Wildman–Crippen LogP) is 1.88. The number of ether oxygens (including phenoxy) is 1. The van der Waals surface area contributed by atoms with Gasteiger partial charge in [-0.15, -0.1) is 24.0 Å². The van der Waals surface area contributed by atoms with Crippen molar-refractivity contribution in [3.63, 3.8) is 0 Å². The number of sulfonamides is 1. The first-order chi connectivity index (χ1) is 14.6. The molecule has 4 rings (SSSR count). The molecule has 1 N–H and O–H groups in total. The van der Waals surface area contributed by atoms with E-state index in [-0.39, 0.29) is 41.9 Å². The molecule has 1 atom stereocenters. The Kier molecular flexibility index (Phi) is 7.48. The summed E-state index contributed by atoms with van der Waals surface area (Å²) in [6.45, 7) is 8.68. The fourth-order valence-corrected chi connectivity index (χ4v) is 5.65. The van der Waals surface area contributed by atoms with Crippen molar-refractivity contribution in [2.45, 2.75) is 38.8 Å². The number of hydrogen-bond donors (Lipinski definition) is 1. The van der Waals surface area contributed by atoms with E-state index in [2.05, 4.69) is 15.2 Å². The van der Waals surface area contributed by atoms with Crippen molar-refractivity contribution >= 4 is 51.7 Å². The first-order valence-electron chi connectivity index (χ1n) is 10.8. The number of carbonyl (C=O) groups is 1. The molecule has 1 aromatic rings. The summed E-state index contributed by atoms with van der Waals surface area (Å²) >= 11 is 0. The molecule has 3 heterocycles. The van der Waals surface area contributed by atoms with E-state index in [4.69, 9.17) is 4.74 Å². The van der Waals surface area contributed by atoms with Crippen molar-refractivity contribution < 1.29 is 17.9 Å². The summed E-state index contributed by atoms with van der Waals surface area (Å²) in [4.78, 5) is 20.7. The molecule has 1 unspecified atom stereocenters. The van der Waals surface area contributed by atoms with E-state index in [0.29, 0.717) is 45.2 Å². The van der Waals surface area contributed by atoms with Crippen LogP contribution in [0.2, 0.25) is 0 Å². The van der Waals surface area contributed by atoms with Gasteiger partial charge < -0.3 is 19.9 Å². The van der Waals surface area contributed by atoms with Gasteiger partial charge in [-0.2, -0.15) is 0 Å². The van der Waals surface area contributed by atoms with Gasteiger partial charge in [0.15, 0.2) is 5.96 Å². The lowest BCUT2D eigenvalue weighted by molar-refractivity contribution is 0.0137. The molecule has 0 bridgehead atoms. The minimum Gasteiger partial charge on any atom is -0.444 e. The smallest absolute Gasteiger partial charge is 0.410 e. The minimum absolute atomic E-state index is 0. The molecular weight excluding hydrogens is 545 g/mol. The van der Waals surface area contributed by atoms with E-state index >= 15 is 0 Å². The van der Waals surface area contributed by atoms with Crippen LogP contribution in [-0.2, 0) is 21.2 Å². The van der Waals surface area contributed by atoms with Crippen molar-refractivity contribution in [2.75, 3.05) is 49.3 Å². The van der Waals surface area contributed by atoms with Gasteiger partial charge in [0.1, 0.15) is 5.60 Å². The Balaban J connectivity index is 0.00000289. The van der Waals surface area contributed by atoms with Gasteiger partial charge in [-0.25, -0.2) is 13.2 Å². The molecule has 3 aliphatic heterocycles. The van der Waals surface area contributed by atoms with E-state index in [0.717, 1.165) is 17.7 Å². The first kappa shape index (κ1) is 24.9. The van der Waals surface area contributed by atoms with Gasteiger partial charge in [0.25, 0.3) is 0 Å². The number of rotatable bonds is 4. The third kappa shape index (κ3) is 5.41. The molecule has 0 saturated carbocycles. The molecule has 178 valence electrons. The van der Waals surface area contributed by atoms with E-state index in [1.807, 2.05) is 45.0 Å². The quantitative estimate of drug-likeness (QED) is 0.550. The number of nitrogens with zero attached hydrogens (tertiary/aromatic N) is 4. The molecule has 0 spiro atoms. The maximum Gasteiger partial charge on any atom is 0.410 e. The zero-order valence-electron chi connectivity index (χ0n) is 18.8. The van der Waals surface area contributed by atoms with Crippen LogP contribution >= 0.6 is 24.0 Å². The number of benzene rings is 1. The van der Waals surface area contributed by atoms with Crippen LogP contribution in [-0.4, -0.2) is 86.9 Å². The Hall–Kier alpha value is -1.76. The lowest BCUT2D eigenvalue weighted by atomic mass is 10.2. The van der Waals surface area contributed by atoms with E-state index in [1.54, 1.807) is 4.90 Å². The zero-order chi connectivity index (χ0) is 22.2. The highest BCUT2D eigenvalue weighted by Crippen LogP contribution is 2.29. The van der Waals surface area contributed by atoms with Crippen molar-refractivity contribution in [3.8, 4) is 0 Å². The Morgan fingerprint density at radius 3 is 2.72 bits per heavy atom. The lowest BCUT2D eigenvalue weighted by Gasteiger charge is -2.39. The first-order valence-corrected chi connectivity index (χ1v) is 12.4. The molecule has 0 aliphatic carbocycles. The van der Waals surface area contributed by atoms with Crippen molar-refractivity contribution in [2.24, 2.45) is 4.99 Å². The lowest BCUT2D eigenvalue weighted by Crippen LogP contribution is -2.57. The minimum atomic E-state index is -3.40. The maximum absolute atomic E-state index is 12.9. The molecule has 11 heteroatoms. The molecule has 0 radical (unpaired) electrons. The fraction of sp³-hybridized carbons (Fsp3) is 0.619. The molecule has 0 aromatic heterocycles. The van der Waals surface area contributed by atoms with Crippen LogP contribution in [0.3, 0.4) is 0 Å². The molecule has 3 aliphatic rings. The SMILES string of the molecule is CC(C)(C)OC(=O)N1CCN2C(NCCS(=O)(=O)N3CCc4ccccc43)=NCC2C1.I. The average Bonchev–Trinajstić information content (AvgIpc) is 3.31. The van der Waals surface area contributed by atoms with Crippen LogP contribution in [0.1, 0.15) is 26.3 Å². The van der Waals surface area contributed by atoms with Crippen LogP contribution < -0.4 is 9.62 Å². The summed E-state index contributed by atoms with van der Waals surface area (Å²) in [5, 5.41) is 3.20. The van der Waals surface area contributed by atoms with Crippen LogP contribution in [0, 0.1) is 0 Å². The van der Waals surface area contributed by atoms with Crippen LogP contribution in [0.25, 0.3) is 0 Å². The molecule has 32 heavy (non-hydrogen) atoms. The summed E-state index contributed by atoms with van der Waals surface area (Å²) in [5.74, 6) is 0.717. The molecule has 9 nitrogen and oxygen atoms in total. The number of nitrogens with one attached hydrogen (secondary N) is 1. The summed E-state index contributed by atoms with van der Waals surface area (Å²) in [6, 6.07) is 7.74. The Bertz CT molecular complexity index is 979. The van der Waals surface area contributed by atoms with Gasteiger partial charge >= 0.3 is 6.09 Å². The van der Waals surface area contributed by atoms with Crippen LogP contribution in [0.15, 0.2) is 29.3 Å². The molecule has 1 aromatic carbocycles. The number of halogens is 1. The monoisotopic (exact) mass is 577 g/mol. The second-order valence-electron chi connectivity index (χ2n) is 9.13. The number of carbonyl (C=O) groups excluding carboxylic acids is 1. The van der Waals surface area contributed by atoms with Gasteiger partial charge in [0, 0.05) is 32.7 Å². The largest absolute Gasteiger partial charge is 0.444 e. The van der Waals surface area contributed by atoms with Gasteiger partial charge in [-0.1, -0.05) is 18.2 Å². The third-order valence-electron chi connectivity index (χ3n) is 5.68. The van der Waals surface area contributed by atoms with Crippen LogP contribution in [0.5, 0.6) is 0 Å². The van der Waals surface area contributed by atoms with Gasteiger partial charge in [0.05, 0.1) is 24.0 Å². The number of fused-ring (bicyclic) bond motifs is 2. The van der Waals surface area contributed by atoms with E-state index in [9.17, 15) is 13.2 Å². The van der Waals surface area contributed by atoms with Gasteiger partial charge in [-0.3, -0.25) is 9.30 Å². The van der Waals surface area contributed by atoms with E-state index in [1.165, 1.54) is 4.31 Å². The Morgan fingerprint density at radius 2 is 1.97 bits per heavy atom. The van der Waals surface area contributed by atoms with Gasteiger partial charge in [0.2, 0.25) is 10.0 Å². The Labute approximate surface area is 207 Å². The topological polar surface area (TPSA) is 94.5 Å². The second-order valence-corrected chi connectivity index (χ2v) is 11.1. The Morgan fingerprint density at radius 1 is 1.22 bits per heavy atom. The number of amides is 1. The molecule has 1 fully saturated rings. The number of anilines is 1. The number of aliphatic imine (C=N–C) groups is 1. The van der Waals surface area contributed by atoms with Crippen molar-refractivity contribution in [1.29, 1.82) is 0 Å².